The Bertz CT molecular complexity index is 528. The molecule has 1 rings (SSSR count). The van der Waals surface area contributed by atoms with Crippen LogP contribution in [0.2, 0.25) is 0 Å². The number of likely N-dealkylation sites (N-methyl/N-ethyl adjacent to an activating group) is 1. The summed E-state index contributed by atoms with van der Waals surface area (Å²) >= 11 is 0. The summed E-state index contributed by atoms with van der Waals surface area (Å²) in [5.41, 5.74) is 0.0682. The van der Waals surface area contributed by atoms with Crippen LogP contribution in [0.5, 0.6) is 0 Å². The van der Waals surface area contributed by atoms with Crippen LogP contribution in [0.15, 0.2) is 29.2 Å². The minimum Gasteiger partial charge on any atom is -0.383 e. The number of hydrogen-bond donors (Lipinski definition) is 1. The van der Waals surface area contributed by atoms with Crippen molar-refractivity contribution in [2.75, 3.05) is 27.3 Å². The van der Waals surface area contributed by atoms with E-state index < -0.39 is 15.9 Å². The third kappa shape index (κ3) is 3.52. The average molecular weight is 272 g/mol. The van der Waals surface area contributed by atoms with Crippen molar-refractivity contribution in [2.45, 2.75) is 4.90 Å². The van der Waals surface area contributed by atoms with Gasteiger partial charge in [-0.3, -0.25) is 4.79 Å². The smallest absolute Gasteiger partial charge is 0.255 e. The summed E-state index contributed by atoms with van der Waals surface area (Å²) in [4.78, 5) is 13.3. The average Bonchev–Trinajstić information content (AvgIpc) is 2.34. The maximum absolute atomic E-state index is 12.1. The van der Waals surface area contributed by atoms with Crippen molar-refractivity contribution in [2.24, 2.45) is 5.14 Å². The van der Waals surface area contributed by atoms with Gasteiger partial charge in [-0.15, -0.1) is 0 Å². The van der Waals surface area contributed by atoms with E-state index in [9.17, 15) is 13.2 Å². The Morgan fingerprint density at radius 1 is 1.39 bits per heavy atom. The highest BCUT2D eigenvalue weighted by atomic mass is 32.2. The van der Waals surface area contributed by atoms with E-state index in [1.807, 2.05) is 0 Å². The number of primary sulfonamides is 1. The van der Waals surface area contributed by atoms with Gasteiger partial charge in [-0.1, -0.05) is 12.1 Å². The van der Waals surface area contributed by atoms with Gasteiger partial charge in [0, 0.05) is 20.7 Å². The summed E-state index contributed by atoms with van der Waals surface area (Å²) in [5, 5.41) is 5.07. The Morgan fingerprint density at radius 2 is 2.00 bits per heavy atom. The summed E-state index contributed by atoms with van der Waals surface area (Å²) in [5.74, 6) is -0.406. The fourth-order valence-corrected chi connectivity index (χ4v) is 2.16. The molecule has 1 aromatic rings. The molecule has 1 aromatic carbocycles. The van der Waals surface area contributed by atoms with Gasteiger partial charge in [0.1, 0.15) is 0 Å². The topological polar surface area (TPSA) is 89.7 Å². The number of carbonyl (C=O) groups is 1. The molecule has 1 amide bonds. The van der Waals surface area contributed by atoms with Crippen LogP contribution in [0.3, 0.4) is 0 Å². The highest BCUT2D eigenvalue weighted by Crippen LogP contribution is 2.15. The summed E-state index contributed by atoms with van der Waals surface area (Å²) in [7, 11) is -0.816. The number of ether oxygens (including phenoxy) is 1. The zero-order valence-electron chi connectivity index (χ0n) is 10.3. The Morgan fingerprint density at radius 3 is 2.56 bits per heavy atom. The summed E-state index contributed by atoms with van der Waals surface area (Å²) < 4.78 is 27.6. The van der Waals surface area contributed by atoms with Crippen LogP contribution in [0.4, 0.5) is 0 Å². The van der Waals surface area contributed by atoms with Crippen molar-refractivity contribution >= 4 is 15.9 Å². The monoisotopic (exact) mass is 272 g/mol. The number of methoxy groups -OCH3 is 1. The van der Waals surface area contributed by atoms with Crippen molar-refractivity contribution in [3.63, 3.8) is 0 Å². The first-order valence-corrected chi connectivity index (χ1v) is 6.78. The van der Waals surface area contributed by atoms with Crippen molar-refractivity contribution < 1.29 is 17.9 Å². The summed E-state index contributed by atoms with van der Waals surface area (Å²) in [6.45, 7) is 0.744. The predicted octanol–water partition coefficient (Wildman–Crippen LogP) is 0.0524. The number of nitrogens with zero attached hydrogens (tertiary/aromatic N) is 1. The molecule has 0 atom stereocenters. The van der Waals surface area contributed by atoms with Crippen LogP contribution < -0.4 is 5.14 Å². The second-order valence-electron chi connectivity index (χ2n) is 3.76. The molecule has 0 bridgehead atoms. The molecule has 7 heteroatoms. The summed E-state index contributed by atoms with van der Waals surface area (Å²) in [6.07, 6.45) is 0. The Labute approximate surface area is 106 Å². The van der Waals surface area contributed by atoms with Gasteiger partial charge in [-0.2, -0.15) is 0 Å². The predicted molar refractivity (Wildman–Crippen MR) is 66.7 cm³/mol. The molecule has 0 radical (unpaired) electrons. The van der Waals surface area contributed by atoms with Crippen LogP contribution in [0.1, 0.15) is 10.4 Å². The van der Waals surface area contributed by atoms with Gasteiger partial charge in [0.2, 0.25) is 10.0 Å². The van der Waals surface area contributed by atoms with E-state index in [0.717, 1.165) is 0 Å². The zero-order valence-corrected chi connectivity index (χ0v) is 11.1. The number of amides is 1. The molecule has 2 N–H and O–H groups in total. The molecule has 100 valence electrons. The molecule has 0 aliphatic carbocycles. The van der Waals surface area contributed by atoms with Crippen LogP contribution in [-0.4, -0.2) is 46.5 Å². The molecule has 0 heterocycles. The molecule has 0 aliphatic heterocycles. The lowest BCUT2D eigenvalue weighted by Gasteiger charge is -2.17. The normalized spacial score (nSPS) is 11.3. The number of benzene rings is 1. The number of carbonyl (C=O) groups excluding carboxylic acids is 1. The molecule has 0 saturated carbocycles. The van der Waals surface area contributed by atoms with E-state index >= 15 is 0 Å². The fourth-order valence-electron chi connectivity index (χ4n) is 1.43. The Hall–Kier alpha value is -1.44. The van der Waals surface area contributed by atoms with E-state index in [1.165, 1.54) is 30.2 Å². The number of hydrogen-bond acceptors (Lipinski definition) is 4. The molecule has 0 aliphatic rings. The molecule has 0 unspecified atom stereocenters. The van der Waals surface area contributed by atoms with Gasteiger partial charge >= 0.3 is 0 Å². The molecule has 0 saturated heterocycles. The minimum absolute atomic E-state index is 0.0682. The second kappa shape index (κ2) is 5.94. The van der Waals surface area contributed by atoms with Gasteiger partial charge < -0.3 is 9.64 Å². The molecule has 0 aromatic heterocycles. The van der Waals surface area contributed by atoms with E-state index in [4.69, 9.17) is 9.88 Å². The van der Waals surface area contributed by atoms with Crippen LogP contribution in [0.25, 0.3) is 0 Å². The van der Waals surface area contributed by atoms with Crippen LogP contribution in [0, 0.1) is 0 Å². The fraction of sp³-hybridized carbons (Fsp3) is 0.364. The quantitative estimate of drug-likeness (QED) is 0.820. The molecule has 6 nitrogen and oxygen atoms in total. The third-order valence-corrected chi connectivity index (χ3v) is 3.37. The molecule has 0 spiro atoms. The number of rotatable bonds is 5. The lowest BCUT2D eigenvalue weighted by Crippen LogP contribution is -2.31. The van der Waals surface area contributed by atoms with Crippen molar-refractivity contribution in [1.82, 2.24) is 4.90 Å². The molecular formula is C11H16N2O4S. The van der Waals surface area contributed by atoms with Gasteiger partial charge in [0.25, 0.3) is 5.91 Å². The van der Waals surface area contributed by atoms with Crippen molar-refractivity contribution in [1.29, 1.82) is 0 Å². The third-order valence-electron chi connectivity index (χ3n) is 2.40. The lowest BCUT2D eigenvalue weighted by molar-refractivity contribution is 0.0740. The van der Waals surface area contributed by atoms with Crippen LogP contribution in [-0.2, 0) is 14.8 Å². The number of sulfonamides is 1. The first-order valence-electron chi connectivity index (χ1n) is 5.24. The molecule has 0 fully saturated rings. The SMILES string of the molecule is COCCN(C)C(=O)c1ccccc1S(N)(=O)=O. The first kappa shape index (κ1) is 14.6. The van der Waals surface area contributed by atoms with Gasteiger partial charge in [-0.05, 0) is 12.1 Å². The van der Waals surface area contributed by atoms with Crippen LogP contribution >= 0.6 is 0 Å². The van der Waals surface area contributed by atoms with Gasteiger partial charge in [-0.25, -0.2) is 13.6 Å². The largest absolute Gasteiger partial charge is 0.383 e. The van der Waals surface area contributed by atoms with E-state index in [1.54, 1.807) is 13.1 Å². The van der Waals surface area contributed by atoms with E-state index in [0.29, 0.717) is 13.2 Å². The molecular weight excluding hydrogens is 256 g/mol. The first-order chi connectivity index (χ1) is 8.38. The van der Waals surface area contributed by atoms with E-state index in [-0.39, 0.29) is 10.5 Å². The van der Waals surface area contributed by atoms with Gasteiger partial charge in [0.05, 0.1) is 17.1 Å². The van der Waals surface area contributed by atoms with Gasteiger partial charge in [0.15, 0.2) is 0 Å². The standard InChI is InChI=1S/C11H16N2O4S/c1-13(7-8-17-2)11(14)9-5-3-4-6-10(9)18(12,15)16/h3-6H,7-8H2,1-2H3,(H2,12,15,16). The lowest BCUT2D eigenvalue weighted by atomic mass is 10.2. The second-order valence-corrected chi connectivity index (χ2v) is 5.29. The van der Waals surface area contributed by atoms with Crippen molar-refractivity contribution in [3.05, 3.63) is 29.8 Å². The maximum atomic E-state index is 12.1. The Kier molecular flexibility index (Phi) is 4.83. The summed E-state index contributed by atoms with van der Waals surface area (Å²) in [6, 6.07) is 5.86. The van der Waals surface area contributed by atoms with Crippen molar-refractivity contribution in [3.8, 4) is 0 Å². The zero-order chi connectivity index (χ0) is 13.8. The highest BCUT2D eigenvalue weighted by molar-refractivity contribution is 7.89. The number of nitrogens with two attached hydrogens (primary N) is 1. The molecule has 18 heavy (non-hydrogen) atoms. The van der Waals surface area contributed by atoms with E-state index in [2.05, 4.69) is 0 Å². The minimum atomic E-state index is -3.91. The maximum Gasteiger partial charge on any atom is 0.255 e. The Balaban J connectivity index is 3.07. The highest BCUT2D eigenvalue weighted by Gasteiger charge is 2.20.